The van der Waals surface area contributed by atoms with Crippen molar-refractivity contribution in [1.29, 1.82) is 0 Å². The van der Waals surface area contributed by atoms with Gasteiger partial charge in [-0.25, -0.2) is 4.99 Å². The summed E-state index contributed by atoms with van der Waals surface area (Å²) in [6.07, 6.45) is 2.30. The number of guanidine groups is 1. The van der Waals surface area contributed by atoms with Crippen LogP contribution in [0.25, 0.3) is 0 Å². The van der Waals surface area contributed by atoms with E-state index in [0.29, 0.717) is 19.3 Å². The number of aliphatic imine (C=N–C) groups is 1. The van der Waals surface area contributed by atoms with E-state index in [4.69, 9.17) is 14.5 Å². The number of thioether (sulfide) groups is 1. The van der Waals surface area contributed by atoms with Gasteiger partial charge >= 0.3 is 0 Å². The van der Waals surface area contributed by atoms with Crippen LogP contribution >= 0.6 is 35.7 Å². The van der Waals surface area contributed by atoms with Crippen molar-refractivity contribution in [2.75, 3.05) is 32.1 Å². The maximum Gasteiger partial charge on any atom is 0.191 e. The molecule has 0 bridgehead atoms. The molecule has 170 valence electrons. The largest absolute Gasteiger partial charge is 0.381 e. The van der Waals surface area contributed by atoms with Gasteiger partial charge in [0.2, 0.25) is 0 Å². The lowest BCUT2D eigenvalue weighted by molar-refractivity contribution is -0.0390. The summed E-state index contributed by atoms with van der Waals surface area (Å²) in [4.78, 5) is 6.04. The summed E-state index contributed by atoms with van der Waals surface area (Å²) in [7, 11) is 0. The zero-order chi connectivity index (χ0) is 20.9. The highest BCUT2D eigenvalue weighted by molar-refractivity contribution is 14.0. The SMILES string of the molecule is CCNC(=NCc1cccc(COC2CCOCC2)c1)NCCSc1ccccc1.I. The highest BCUT2D eigenvalue weighted by Gasteiger charge is 2.14. The first-order valence-corrected chi connectivity index (χ1v) is 11.8. The molecule has 0 unspecified atom stereocenters. The van der Waals surface area contributed by atoms with Crippen LogP contribution in [-0.4, -0.2) is 44.1 Å². The number of hydrogen-bond donors (Lipinski definition) is 2. The summed E-state index contributed by atoms with van der Waals surface area (Å²) in [6.45, 7) is 6.71. The van der Waals surface area contributed by atoms with E-state index in [9.17, 15) is 0 Å². The lowest BCUT2D eigenvalue weighted by atomic mass is 10.1. The third-order valence-corrected chi connectivity index (χ3v) is 5.83. The molecular formula is C24H34IN3O2S. The van der Waals surface area contributed by atoms with Crippen LogP contribution in [0.5, 0.6) is 0 Å². The summed E-state index contributed by atoms with van der Waals surface area (Å²) in [5, 5.41) is 6.75. The van der Waals surface area contributed by atoms with Crippen LogP contribution in [0, 0.1) is 0 Å². The smallest absolute Gasteiger partial charge is 0.191 e. The number of nitrogens with one attached hydrogen (secondary N) is 2. The first kappa shape index (κ1) is 26.0. The molecule has 0 saturated carbocycles. The molecule has 1 fully saturated rings. The Bertz CT molecular complexity index is 770. The lowest BCUT2D eigenvalue weighted by Gasteiger charge is -2.22. The minimum Gasteiger partial charge on any atom is -0.381 e. The number of ether oxygens (including phenoxy) is 2. The normalized spacial score (nSPS) is 14.7. The Morgan fingerprint density at radius 3 is 2.61 bits per heavy atom. The minimum atomic E-state index is 0. The van der Waals surface area contributed by atoms with E-state index in [0.717, 1.165) is 50.9 Å². The molecule has 2 aromatic carbocycles. The fraction of sp³-hybridized carbons (Fsp3) is 0.458. The predicted molar refractivity (Wildman–Crippen MR) is 140 cm³/mol. The zero-order valence-corrected chi connectivity index (χ0v) is 21.4. The van der Waals surface area contributed by atoms with Crippen molar-refractivity contribution in [2.45, 2.75) is 43.9 Å². The van der Waals surface area contributed by atoms with Gasteiger partial charge in [-0.2, -0.15) is 0 Å². The Balaban J connectivity index is 0.00000341. The van der Waals surface area contributed by atoms with Crippen molar-refractivity contribution in [3.63, 3.8) is 0 Å². The van der Waals surface area contributed by atoms with Crippen molar-refractivity contribution in [3.8, 4) is 0 Å². The molecule has 1 aliphatic heterocycles. The molecule has 0 radical (unpaired) electrons. The van der Waals surface area contributed by atoms with Crippen LogP contribution in [0.2, 0.25) is 0 Å². The molecule has 0 aromatic heterocycles. The molecule has 3 rings (SSSR count). The Kier molecular flexibility index (Phi) is 13.0. The first-order chi connectivity index (χ1) is 14.8. The second-order valence-electron chi connectivity index (χ2n) is 7.23. The van der Waals surface area contributed by atoms with Crippen molar-refractivity contribution in [2.24, 2.45) is 4.99 Å². The molecule has 31 heavy (non-hydrogen) atoms. The van der Waals surface area contributed by atoms with E-state index in [1.807, 2.05) is 17.8 Å². The second-order valence-corrected chi connectivity index (χ2v) is 8.39. The number of benzene rings is 2. The fourth-order valence-corrected chi connectivity index (χ4v) is 4.03. The Labute approximate surface area is 207 Å². The van der Waals surface area contributed by atoms with E-state index in [1.165, 1.54) is 16.0 Å². The lowest BCUT2D eigenvalue weighted by Crippen LogP contribution is -2.38. The van der Waals surface area contributed by atoms with Gasteiger partial charge in [0.15, 0.2) is 5.96 Å². The van der Waals surface area contributed by atoms with Gasteiger partial charge < -0.3 is 20.1 Å². The van der Waals surface area contributed by atoms with Gasteiger partial charge in [-0.15, -0.1) is 35.7 Å². The van der Waals surface area contributed by atoms with E-state index < -0.39 is 0 Å². The van der Waals surface area contributed by atoms with Crippen molar-refractivity contribution < 1.29 is 9.47 Å². The third-order valence-electron chi connectivity index (χ3n) is 4.82. The van der Waals surface area contributed by atoms with E-state index in [-0.39, 0.29) is 24.0 Å². The summed E-state index contributed by atoms with van der Waals surface area (Å²) in [5.41, 5.74) is 2.39. The molecule has 7 heteroatoms. The Hall–Kier alpha value is -1.29. The van der Waals surface area contributed by atoms with Crippen LogP contribution in [0.15, 0.2) is 64.5 Å². The molecule has 1 heterocycles. The molecule has 1 aliphatic rings. The van der Waals surface area contributed by atoms with Gasteiger partial charge in [-0.1, -0.05) is 42.5 Å². The standard InChI is InChI=1S/C24H33N3O2S.HI/c1-2-25-24(26-13-16-30-23-9-4-3-5-10-23)27-18-20-7-6-8-21(17-20)19-29-22-11-14-28-15-12-22;/h3-10,17,22H,2,11-16,18-19H2,1H3,(H2,25,26,27);1H. The molecule has 2 aromatic rings. The third kappa shape index (κ3) is 10.2. The second kappa shape index (κ2) is 15.5. The van der Waals surface area contributed by atoms with E-state index in [1.54, 1.807) is 0 Å². The van der Waals surface area contributed by atoms with Crippen LogP contribution in [0.4, 0.5) is 0 Å². The molecule has 0 atom stereocenters. The van der Waals surface area contributed by atoms with Gasteiger partial charge in [-0.3, -0.25) is 0 Å². The molecular weight excluding hydrogens is 521 g/mol. The van der Waals surface area contributed by atoms with Gasteiger partial charge in [0, 0.05) is 37.0 Å². The van der Waals surface area contributed by atoms with Crippen molar-refractivity contribution >= 4 is 41.7 Å². The summed E-state index contributed by atoms with van der Waals surface area (Å²) < 4.78 is 11.4. The number of nitrogens with zero attached hydrogens (tertiary/aromatic N) is 1. The van der Waals surface area contributed by atoms with Gasteiger partial charge in [-0.05, 0) is 43.0 Å². The van der Waals surface area contributed by atoms with E-state index in [2.05, 4.69) is 66.1 Å². The quantitative estimate of drug-likeness (QED) is 0.144. The number of halogens is 1. The van der Waals surface area contributed by atoms with E-state index >= 15 is 0 Å². The monoisotopic (exact) mass is 555 g/mol. The van der Waals surface area contributed by atoms with Crippen molar-refractivity contribution in [1.82, 2.24) is 10.6 Å². The van der Waals surface area contributed by atoms with Crippen LogP contribution < -0.4 is 10.6 Å². The summed E-state index contributed by atoms with van der Waals surface area (Å²) in [5.74, 6) is 1.85. The first-order valence-electron chi connectivity index (χ1n) is 10.8. The zero-order valence-electron chi connectivity index (χ0n) is 18.2. The minimum absolute atomic E-state index is 0. The molecule has 1 saturated heterocycles. The van der Waals surface area contributed by atoms with Crippen LogP contribution in [-0.2, 0) is 22.6 Å². The van der Waals surface area contributed by atoms with Gasteiger partial charge in [0.1, 0.15) is 0 Å². The average Bonchev–Trinajstić information content (AvgIpc) is 2.80. The molecule has 0 amide bonds. The number of rotatable bonds is 10. The predicted octanol–water partition coefficient (Wildman–Crippen LogP) is 4.85. The highest BCUT2D eigenvalue weighted by Crippen LogP contribution is 2.16. The van der Waals surface area contributed by atoms with Gasteiger partial charge in [0.25, 0.3) is 0 Å². The highest BCUT2D eigenvalue weighted by atomic mass is 127. The topological polar surface area (TPSA) is 54.9 Å². The van der Waals surface area contributed by atoms with Crippen LogP contribution in [0.1, 0.15) is 30.9 Å². The Morgan fingerprint density at radius 1 is 1.06 bits per heavy atom. The van der Waals surface area contributed by atoms with Crippen molar-refractivity contribution in [3.05, 3.63) is 65.7 Å². The molecule has 0 spiro atoms. The van der Waals surface area contributed by atoms with Crippen LogP contribution in [0.3, 0.4) is 0 Å². The van der Waals surface area contributed by atoms with Gasteiger partial charge in [0.05, 0.1) is 19.3 Å². The Morgan fingerprint density at radius 2 is 1.84 bits per heavy atom. The molecule has 0 aliphatic carbocycles. The maximum absolute atomic E-state index is 6.05. The summed E-state index contributed by atoms with van der Waals surface area (Å²) in [6, 6.07) is 19.0. The maximum atomic E-state index is 6.05. The number of hydrogen-bond acceptors (Lipinski definition) is 4. The average molecular weight is 556 g/mol. The summed E-state index contributed by atoms with van der Waals surface area (Å²) >= 11 is 1.85. The fourth-order valence-electron chi connectivity index (χ4n) is 3.24. The molecule has 2 N–H and O–H groups in total. The molecule has 5 nitrogen and oxygen atoms in total.